The predicted octanol–water partition coefficient (Wildman–Crippen LogP) is 1.42. The number of nitrogens with zero attached hydrogens (tertiary/aromatic N) is 1. The van der Waals surface area contributed by atoms with Gasteiger partial charge in [0, 0.05) is 23.6 Å². The van der Waals surface area contributed by atoms with E-state index in [9.17, 15) is 24.1 Å². The molecule has 1 amide bonds. The van der Waals surface area contributed by atoms with Gasteiger partial charge in [0.2, 0.25) is 5.91 Å². The molecule has 1 unspecified atom stereocenters. The molecule has 0 aliphatic heterocycles. The highest BCUT2D eigenvalue weighted by atomic mass is 32.2. The molecule has 20 heavy (non-hydrogen) atoms. The monoisotopic (exact) mass is 302 g/mol. The van der Waals surface area contributed by atoms with Crippen molar-refractivity contribution in [3.8, 4) is 0 Å². The third kappa shape index (κ3) is 4.50. The van der Waals surface area contributed by atoms with Crippen LogP contribution in [-0.4, -0.2) is 33.7 Å². The lowest BCUT2D eigenvalue weighted by atomic mass is 10.3. The zero-order valence-corrected chi connectivity index (χ0v) is 11.1. The number of carbonyl (C=O) groups is 2. The Bertz CT molecular complexity index is 552. The zero-order chi connectivity index (χ0) is 15.3. The highest BCUT2D eigenvalue weighted by Crippen LogP contribution is 2.25. The summed E-state index contributed by atoms with van der Waals surface area (Å²) in [6.07, 6.45) is 0. The van der Waals surface area contributed by atoms with Crippen LogP contribution in [-0.2, 0) is 9.59 Å². The van der Waals surface area contributed by atoms with Gasteiger partial charge in [0.25, 0.3) is 5.69 Å². The van der Waals surface area contributed by atoms with Crippen LogP contribution < -0.4 is 5.32 Å². The maximum atomic E-state index is 13.6. The highest BCUT2D eigenvalue weighted by molar-refractivity contribution is 7.99. The molecule has 0 spiro atoms. The second-order valence-corrected chi connectivity index (χ2v) is 4.84. The summed E-state index contributed by atoms with van der Waals surface area (Å²) in [6, 6.07) is 1.92. The van der Waals surface area contributed by atoms with Crippen LogP contribution in [0.25, 0.3) is 0 Å². The number of thioether (sulfide) groups is 1. The molecule has 0 radical (unpaired) electrons. The minimum atomic E-state index is -1.24. The van der Waals surface area contributed by atoms with Crippen LogP contribution in [0.3, 0.4) is 0 Å². The third-order valence-corrected chi connectivity index (χ3v) is 3.35. The highest BCUT2D eigenvalue weighted by Gasteiger charge is 2.20. The first-order valence-corrected chi connectivity index (χ1v) is 6.36. The van der Waals surface area contributed by atoms with Crippen LogP contribution in [0, 0.1) is 15.9 Å². The summed E-state index contributed by atoms with van der Waals surface area (Å²) in [5, 5.41) is 21.5. The van der Waals surface area contributed by atoms with E-state index in [1.165, 1.54) is 13.0 Å². The topological polar surface area (TPSA) is 110 Å². The number of halogens is 1. The molecule has 7 nitrogen and oxygen atoms in total. The Morgan fingerprint density at radius 2 is 2.20 bits per heavy atom. The molecule has 0 aromatic heterocycles. The van der Waals surface area contributed by atoms with Crippen molar-refractivity contribution in [3.63, 3.8) is 0 Å². The summed E-state index contributed by atoms with van der Waals surface area (Å²) in [6.45, 7) is 1.17. The van der Waals surface area contributed by atoms with Crippen molar-refractivity contribution >= 4 is 29.3 Å². The maximum absolute atomic E-state index is 13.6. The lowest BCUT2D eigenvalue weighted by Gasteiger charge is -2.12. The molecular weight excluding hydrogens is 291 g/mol. The largest absolute Gasteiger partial charge is 0.480 e. The Balaban J connectivity index is 2.75. The summed E-state index contributed by atoms with van der Waals surface area (Å²) in [5.41, 5.74) is -0.386. The summed E-state index contributed by atoms with van der Waals surface area (Å²) in [4.78, 5) is 31.5. The molecule has 1 aromatic carbocycles. The molecule has 108 valence electrons. The van der Waals surface area contributed by atoms with Gasteiger partial charge >= 0.3 is 5.97 Å². The molecule has 2 N–H and O–H groups in total. The lowest BCUT2D eigenvalue weighted by molar-refractivity contribution is -0.385. The number of nitro benzene ring substituents is 1. The van der Waals surface area contributed by atoms with Gasteiger partial charge in [-0.1, -0.05) is 0 Å². The number of hydrogen-bond acceptors (Lipinski definition) is 5. The number of hydrogen-bond donors (Lipinski definition) is 2. The van der Waals surface area contributed by atoms with Gasteiger partial charge in [0.05, 0.1) is 11.0 Å². The van der Waals surface area contributed by atoms with Gasteiger partial charge in [-0.25, -0.2) is 9.18 Å². The number of amides is 1. The zero-order valence-electron chi connectivity index (χ0n) is 10.3. The molecule has 1 aromatic rings. The Morgan fingerprint density at radius 3 is 2.65 bits per heavy atom. The van der Waals surface area contributed by atoms with E-state index in [0.29, 0.717) is 0 Å². The van der Waals surface area contributed by atoms with E-state index in [1.807, 2.05) is 0 Å². The molecule has 1 atom stereocenters. The van der Waals surface area contributed by atoms with Crippen molar-refractivity contribution in [2.24, 2.45) is 0 Å². The fraction of sp³-hybridized carbons (Fsp3) is 0.273. The van der Waals surface area contributed by atoms with Gasteiger partial charge in [0.1, 0.15) is 11.9 Å². The van der Waals surface area contributed by atoms with Gasteiger partial charge in [0.15, 0.2) is 0 Å². The summed E-state index contributed by atoms with van der Waals surface area (Å²) >= 11 is 0.853. The number of carboxylic acids is 1. The fourth-order valence-corrected chi connectivity index (χ4v) is 2.25. The molecule has 9 heteroatoms. The lowest BCUT2D eigenvalue weighted by Crippen LogP contribution is -2.41. The molecule has 0 aliphatic rings. The molecule has 0 fully saturated rings. The van der Waals surface area contributed by atoms with E-state index in [4.69, 9.17) is 5.11 Å². The standard InChI is InChI=1S/C11H11FN2O5S/c1-6(15)13-9(11(16)17)5-20-10-3-2-7(14(18)19)4-8(10)12/h2-4,9H,5H2,1H3,(H,13,15)(H,16,17). The minimum absolute atomic E-state index is 0.0761. The van der Waals surface area contributed by atoms with Crippen molar-refractivity contribution in [3.05, 3.63) is 34.1 Å². The average molecular weight is 302 g/mol. The molecular formula is C11H11FN2O5S. The molecule has 0 heterocycles. The normalized spacial score (nSPS) is 11.7. The van der Waals surface area contributed by atoms with Gasteiger partial charge < -0.3 is 10.4 Å². The smallest absolute Gasteiger partial charge is 0.327 e. The Morgan fingerprint density at radius 1 is 1.55 bits per heavy atom. The van der Waals surface area contributed by atoms with E-state index in [0.717, 1.165) is 23.9 Å². The molecule has 0 bridgehead atoms. The molecule has 0 saturated carbocycles. The SMILES string of the molecule is CC(=O)NC(CSc1ccc([N+](=O)[O-])cc1F)C(=O)O. The number of carbonyl (C=O) groups excluding carboxylic acids is 1. The van der Waals surface area contributed by atoms with Gasteiger partial charge in [-0.15, -0.1) is 11.8 Å². The van der Waals surface area contributed by atoms with Gasteiger partial charge in [-0.2, -0.15) is 0 Å². The van der Waals surface area contributed by atoms with Crippen LogP contribution >= 0.6 is 11.8 Å². The third-order valence-electron chi connectivity index (χ3n) is 2.21. The number of benzene rings is 1. The van der Waals surface area contributed by atoms with E-state index < -0.39 is 28.7 Å². The summed E-state index contributed by atoms with van der Waals surface area (Å²) < 4.78 is 13.6. The van der Waals surface area contributed by atoms with Crippen molar-refractivity contribution in [1.82, 2.24) is 5.32 Å². The van der Waals surface area contributed by atoms with Crippen molar-refractivity contribution in [2.45, 2.75) is 17.9 Å². The molecule has 0 saturated heterocycles. The Hall–Kier alpha value is -2.16. The molecule has 0 aliphatic carbocycles. The van der Waals surface area contributed by atoms with E-state index in [1.54, 1.807) is 0 Å². The minimum Gasteiger partial charge on any atom is -0.480 e. The number of non-ortho nitro benzene ring substituents is 1. The van der Waals surface area contributed by atoms with Crippen LogP contribution in [0.4, 0.5) is 10.1 Å². The van der Waals surface area contributed by atoms with Crippen LogP contribution in [0.15, 0.2) is 23.1 Å². The van der Waals surface area contributed by atoms with Crippen LogP contribution in [0.5, 0.6) is 0 Å². The van der Waals surface area contributed by atoms with E-state index >= 15 is 0 Å². The number of nitrogens with one attached hydrogen (secondary N) is 1. The van der Waals surface area contributed by atoms with Crippen molar-refractivity contribution in [1.29, 1.82) is 0 Å². The Labute approximate surface area is 117 Å². The average Bonchev–Trinajstić information content (AvgIpc) is 2.34. The second-order valence-electron chi connectivity index (χ2n) is 3.77. The van der Waals surface area contributed by atoms with E-state index in [2.05, 4.69) is 5.32 Å². The Kier molecular flexibility index (Phi) is 5.44. The van der Waals surface area contributed by atoms with Gasteiger partial charge in [-0.05, 0) is 6.07 Å². The van der Waals surface area contributed by atoms with Crippen molar-refractivity contribution < 1.29 is 24.0 Å². The number of aliphatic carboxylic acids is 1. The van der Waals surface area contributed by atoms with Crippen LogP contribution in [0.2, 0.25) is 0 Å². The summed E-state index contributed by atoms with van der Waals surface area (Å²) in [5.74, 6) is -2.66. The van der Waals surface area contributed by atoms with E-state index in [-0.39, 0.29) is 16.3 Å². The van der Waals surface area contributed by atoms with Gasteiger partial charge in [-0.3, -0.25) is 14.9 Å². The maximum Gasteiger partial charge on any atom is 0.327 e. The fourth-order valence-electron chi connectivity index (χ4n) is 1.31. The van der Waals surface area contributed by atoms with Crippen molar-refractivity contribution in [2.75, 3.05) is 5.75 Å². The van der Waals surface area contributed by atoms with Crippen LogP contribution in [0.1, 0.15) is 6.92 Å². The first-order chi connectivity index (χ1) is 9.31. The first-order valence-electron chi connectivity index (χ1n) is 5.38. The number of carboxylic acid groups (broad SMARTS) is 1. The second kappa shape index (κ2) is 6.85. The predicted molar refractivity (Wildman–Crippen MR) is 69.0 cm³/mol. The number of rotatable bonds is 6. The quantitative estimate of drug-likeness (QED) is 0.467. The first kappa shape index (κ1) is 15.9. The summed E-state index contributed by atoms with van der Waals surface area (Å²) in [7, 11) is 0. The molecule has 1 rings (SSSR count). The number of nitro groups is 1.